The Kier molecular flexibility index (Phi) is 3.74. The van der Waals surface area contributed by atoms with E-state index >= 15 is 0 Å². The van der Waals surface area contributed by atoms with E-state index in [4.69, 9.17) is 27.9 Å². The van der Waals surface area contributed by atoms with Crippen LogP contribution >= 0.6 is 23.2 Å². The summed E-state index contributed by atoms with van der Waals surface area (Å²) >= 11 is 11.3. The van der Waals surface area contributed by atoms with Gasteiger partial charge in [0.2, 0.25) is 0 Å². The Balaban J connectivity index is 1.94. The molecule has 0 aromatic rings. The first-order valence-electron chi connectivity index (χ1n) is 6.16. The van der Waals surface area contributed by atoms with Crippen molar-refractivity contribution in [2.45, 2.75) is 45.6 Å². The smallest absolute Gasteiger partial charge is 0.310 e. The lowest BCUT2D eigenvalue weighted by Crippen LogP contribution is -2.18. The van der Waals surface area contributed by atoms with Crippen molar-refractivity contribution in [1.29, 1.82) is 0 Å². The van der Waals surface area contributed by atoms with Gasteiger partial charge in [-0.25, -0.2) is 0 Å². The van der Waals surface area contributed by atoms with E-state index in [0.717, 1.165) is 12.8 Å². The van der Waals surface area contributed by atoms with Gasteiger partial charge >= 0.3 is 5.97 Å². The minimum atomic E-state index is -0.0874. The van der Waals surface area contributed by atoms with Gasteiger partial charge < -0.3 is 4.74 Å². The molecule has 0 amide bonds. The molecule has 2 atom stereocenters. The van der Waals surface area contributed by atoms with Crippen LogP contribution in [-0.2, 0) is 9.53 Å². The van der Waals surface area contributed by atoms with Gasteiger partial charge in [0.1, 0.15) is 10.6 Å². The van der Waals surface area contributed by atoms with Crippen LogP contribution < -0.4 is 0 Å². The summed E-state index contributed by atoms with van der Waals surface area (Å²) in [6.45, 7) is 4.09. The molecule has 2 aliphatic carbocycles. The molecule has 0 unspecified atom stereocenters. The van der Waals surface area contributed by atoms with Crippen LogP contribution in [-0.4, -0.2) is 12.1 Å². The lowest BCUT2D eigenvalue weighted by atomic mass is 10.1. The van der Waals surface area contributed by atoms with Crippen molar-refractivity contribution in [1.82, 2.24) is 0 Å². The zero-order valence-corrected chi connectivity index (χ0v) is 11.7. The third kappa shape index (κ3) is 2.79. The maximum absolute atomic E-state index is 12.0. The van der Waals surface area contributed by atoms with Gasteiger partial charge in [0, 0.05) is 0 Å². The fourth-order valence-electron chi connectivity index (χ4n) is 2.82. The summed E-state index contributed by atoms with van der Waals surface area (Å²) in [5.74, 6) is -0.0604. The second kappa shape index (κ2) is 4.81. The standard InChI is InChI=1S/C13H18Cl2O2/c1-13(2)9(7-10(14)15)11(13)12(16)17-8-5-3-4-6-8/h7-9,11H,3-6H2,1-2H3/t9-,11+/m1/s1. The maximum Gasteiger partial charge on any atom is 0.310 e. The molecule has 17 heavy (non-hydrogen) atoms. The molecule has 0 radical (unpaired) electrons. The van der Waals surface area contributed by atoms with E-state index in [9.17, 15) is 4.79 Å². The Morgan fingerprint density at radius 3 is 2.41 bits per heavy atom. The molecule has 0 spiro atoms. The van der Waals surface area contributed by atoms with Gasteiger partial charge in [0.15, 0.2) is 0 Å². The van der Waals surface area contributed by atoms with Gasteiger partial charge in [-0.3, -0.25) is 4.79 Å². The number of rotatable bonds is 3. The highest BCUT2D eigenvalue weighted by molar-refractivity contribution is 6.55. The van der Waals surface area contributed by atoms with Gasteiger partial charge in [0.05, 0.1) is 5.92 Å². The number of carbonyl (C=O) groups excluding carboxylic acids is 1. The normalized spacial score (nSPS) is 31.1. The molecule has 4 heteroatoms. The van der Waals surface area contributed by atoms with E-state index in [1.54, 1.807) is 6.08 Å². The van der Waals surface area contributed by atoms with Crippen LogP contribution in [0.25, 0.3) is 0 Å². The Morgan fingerprint density at radius 2 is 1.88 bits per heavy atom. The van der Waals surface area contributed by atoms with Crippen molar-refractivity contribution in [3.8, 4) is 0 Å². The van der Waals surface area contributed by atoms with Crippen LogP contribution in [0.4, 0.5) is 0 Å². The molecule has 96 valence electrons. The summed E-state index contributed by atoms with van der Waals surface area (Å²) < 4.78 is 5.76. The van der Waals surface area contributed by atoms with Crippen LogP contribution in [0.1, 0.15) is 39.5 Å². The van der Waals surface area contributed by atoms with Gasteiger partial charge in [-0.15, -0.1) is 0 Å². The molecule has 0 aromatic carbocycles. The predicted octanol–water partition coefficient (Wildman–Crippen LogP) is 4.06. The fourth-order valence-corrected chi connectivity index (χ4v) is 3.09. The van der Waals surface area contributed by atoms with E-state index in [2.05, 4.69) is 0 Å². The largest absolute Gasteiger partial charge is 0.462 e. The molecular formula is C13H18Cl2O2. The molecule has 0 saturated heterocycles. The molecule has 2 saturated carbocycles. The second-order valence-corrected chi connectivity index (χ2v) is 6.63. The van der Waals surface area contributed by atoms with Crippen molar-refractivity contribution in [3.05, 3.63) is 10.6 Å². The van der Waals surface area contributed by atoms with Crippen molar-refractivity contribution < 1.29 is 9.53 Å². The minimum absolute atomic E-state index is 0.0787. The van der Waals surface area contributed by atoms with Gasteiger partial charge in [-0.05, 0) is 43.1 Å². The highest BCUT2D eigenvalue weighted by Gasteiger charge is 2.61. The molecule has 0 aromatic heterocycles. The summed E-state index contributed by atoms with van der Waals surface area (Å²) in [7, 11) is 0. The molecule has 0 aliphatic heterocycles. The molecule has 0 bridgehead atoms. The fraction of sp³-hybridized carbons (Fsp3) is 0.769. The van der Waals surface area contributed by atoms with Gasteiger partial charge in [-0.1, -0.05) is 37.0 Å². The lowest BCUT2D eigenvalue weighted by molar-refractivity contribution is -0.151. The van der Waals surface area contributed by atoms with Crippen molar-refractivity contribution in [2.75, 3.05) is 0 Å². The number of esters is 1. The third-order valence-corrected chi connectivity index (χ3v) is 4.31. The van der Waals surface area contributed by atoms with Crippen LogP contribution in [0.2, 0.25) is 0 Å². The van der Waals surface area contributed by atoms with Crippen LogP contribution in [0.3, 0.4) is 0 Å². The number of hydrogen-bond acceptors (Lipinski definition) is 2. The lowest BCUT2D eigenvalue weighted by Gasteiger charge is -2.11. The van der Waals surface area contributed by atoms with Crippen molar-refractivity contribution >= 4 is 29.2 Å². The quantitative estimate of drug-likeness (QED) is 0.727. The number of carbonyl (C=O) groups is 1. The first-order chi connectivity index (χ1) is 7.93. The monoisotopic (exact) mass is 276 g/mol. The van der Waals surface area contributed by atoms with Crippen LogP contribution in [0.5, 0.6) is 0 Å². The average molecular weight is 277 g/mol. The Bertz CT molecular complexity index is 339. The highest BCUT2D eigenvalue weighted by atomic mass is 35.5. The number of halogens is 2. The summed E-state index contributed by atoms with van der Waals surface area (Å²) in [5.41, 5.74) is -0.0787. The first kappa shape index (κ1) is 13.2. The van der Waals surface area contributed by atoms with Crippen LogP contribution in [0, 0.1) is 17.3 Å². The molecular weight excluding hydrogens is 259 g/mol. The number of allylic oxidation sites excluding steroid dienone is 1. The Morgan fingerprint density at radius 1 is 1.29 bits per heavy atom. The summed E-state index contributed by atoms with van der Waals surface area (Å²) in [4.78, 5) is 12.0. The van der Waals surface area contributed by atoms with E-state index < -0.39 is 0 Å². The van der Waals surface area contributed by atoms with Crippen LogP contribution in [0.15, 0.2) is 10.6 Å². The Labute approximate surface area is 112 Å². The minimum Gasteiger partial charge on any atom is -0.462 e. The van der Waals surface area contributed by atoms with Crippen molar-refractivity contribution in [2.24, 2.45) is 17.3 Å². The Hall–Kier alpha value is -0.210. The first-order valence-corrected chi connectivity index (χ1v) is 6.92. The molecule has 2 fully saturated rings. The zero-order valence-electron chi connectivity index (χ0n) is 10.2. The van der Waals surface area contributed by atoms with E-state index in [1.165, 1.54) is 12.8 Å². The van der Waals surface area contributed by atoms with E-state index in [0.29, 0.717) is 0 Å². The topological polar surface area (TPSA) is 26.3 Å². The SMILES string of the molecule is CC1(C)[C@H](C=C(Cl)Cl)[C@H]1C(=O)OC1CCCC1. The van der Waals surface area contributed by atoms with Gasteiger partial charge in [0.25, 0.3) is 0 Å². The summed E-state index contributed by atoms with van der Waals surface area (Å²) in [5, 5.41) is 0. The summed E-state index contributed by atoms with van der Waals surface area (Å²) in [6.07, 6.45) is 6.25. The second-order valence-electron chi connectivity index (χ2n) is 5.62. The molecule has 2 nitrogen and oxygen atoms in total. The predicted molar refractivity (Wildman–Crippen MR) is 68.9 cm³/mol. The number of ether oxygens (including phenoxy) is 1. The average Bonchev–Trinajstić information content (AvgIpc) is 2.64. The van der Waals surface area contributed by atoms with E-state index in [1.807, 2.05) is 13.8 Å². The van der Waals surface area contributed by atoms with Gasteiger partial charge in [-0.2, -0.15) is 0 Å². The molecule has 0 heterocycles. The highest BCUT2D eigenvalue weighted by Crippen LogP contribution is 2.60. The number of hydrogen-bond donors (Lipinski definition) is 0. The molecule has 0 N–H and O–H groups in total. The summed E-state index contributed by atoms with van der Waals surface area (Å²) in [6, 6.07) is 0. The van der Waals surface area contributed by atoms with Crippen molar-refractivity contribution in [3.63, 3.8) is 0 Å². The maximum atomic E-state index is 12.0. The van der Waals surface area contributed by atoms with E-state index in [-0.39, 0.29) is 33.8 Å². The molecule has 2 aliphatic rings. The zero-order chi connectivity index (χ0) is 12.6. The third-order valence-electron chi connectivity index (χ3n) is 4.06. The molecule has 2 rings (SSSR count).